The Kier molecular flexibility index (Phi) is 4.46. The SMILES string of the molecule is CN(CCS)CCc1ccc2ccccc2c1. The van der Waals surface area contributed by atoms with Crippen LogP contribution < -0.4 is 0 Å². The predicted octanol–water partition coefficient (Wildman–Crippen LogP) is 3.24. The molecular formula is C15H19NS. The van der Waals surface area contributed by atoms with Crippen molar-refractivity contribution in [1.29, 1.82) is 0 Å². The van der Waals surface area contributed by atoms with E-state index < -0.39 is 0 Å². The zero-order chi connectivity index (χ0) is 12.1. The van der Waals surface area contributed by atoms with Crippen LogP contribution in [-0.2, 0) is 6.42 Å². The Morgan fingerprint density at radius 1 is 1.00 bits per heavy atom. The van der Waals surface area contributed by atoms with Crippen LogP contribution in [0.5, 0.6) is 0 Å². The van der Waals surface area contributed by atoms with Crippen molar-refractivity contribution < 1.29 is 0 Å². The van der Waals surface area contributed by atoms with Gasteiger partial charge >= 0.3 is 0 Å². The lowest BCUT2D eigenvalue weighted by Gasteiger charge is -2.15. The number of thiol groups is 1. The Hall–Kier alpha value is -0.990. The average molecular weight is 245 g/mol. The van der Waals surface area contributed by atoms with E-state index in [-0.39, 0.29) is 0 Å². The number of likely N-dealkylation sites (N-methyl/N-ethyl adjacent to an activating group) is 1. The van der Waals surface area contributed by atoms with Crippen molar-refractivity contribution in [3.8, 4) is 0 Å². The molecule has 90 valence electrons. The Bertz CT molecular complexity index is 481. The highest BCUT2D eigenvalue weighted by Crippen LogP contribution is 2.15. The second-order valence-corrected chi connectivity index (χ2v) is 4.91. The third kappa shape index (κ3) is 3.48. The van der Waals surface area contributed by atoms with Gasteiger partial charge in [0, 0.05) is 18.8 Å². The lowest BCUT2D eigenvalue weighted by Crippen LogP contribution is -2.23. The molecule has 0 atom stereocenters. The van der Waals surface area contributed by atoms with Crippen molar-refractivity contribution in [3.63, 3.8) is 0 Å². The van der Waals surface area contributed by atoms with Gasteiger partial charge in [-0.15, -0.1) is 0 Å². The van der Waals surface area contributed by atoms with Gasteiger partial charge in [0.05, 0.1) is 0 Å². The summed E-state index contributed by atoms with van der Waals surface area (Å²) in [5.41, 5.74) is 1.41. The zero-order valence-electron chi connectivity index (χ0n) is 10.3. The van der Waals surface area contributed by atoms with E-state index in [9.17, 15) is 0 Å². The van der Waals surface area contributed by atoms with Crippen LogP contribution in [0.2, 0.25) is 0 Å². The van der Waals surface area contributed by atoms with Crippen LogP contribution in [0.3, 0.4) is 0 Å². The van der Waals surface area contributed by atoms with E-state index in [2.05, 4.69) is 67.0 Å². The molecule has 0 spiro atoms. The molecule has 0 aromatic heterocycles. The maximum absolute atomic E-state index is 4.25. The fourth-order valence-electron chi connectivity index (χ4n) is 2.00. The van der Waals surface area contributed by atoms with Crippen LogP contribution >= 0.6 is 12.6 Å². The quantitative estimate of drug-likeness (QED) is 0.791. The van der Waals surface area contributed by atoms with Crippen LogP contribution in [-0.4, -0.2) is 30.8 Å². The molecule has 0 aliphatic rings. The minimum atomic E-state index is 0.925. The summed E-state index contributed by atoms with van der Waals surface area (Å²) in [7, 11) is 2.15. The maximum Gasteiger partial charge on any atom is 0.00669 e. The van der Waals surface area contributed by atoms with E-state index in [0.29, 0.717) is 0 Å². The second kappa shape index (κ2) is 6.08. The third-order valence-corrected chi connectivity index (χ3v) is 3.28. The van der Waals surface area contributed by atoms with Crippen molar-refractivity contribution in [2.75, 3.05) is 25.9 Å². The molecule has 2 rings (SSSR count). The molecular weight excluding hydrogens is 226 g/mol. The maximum atomic E-state index is 4.25. The van der Waals surface area contributed by atoms with Crippen molar-refractivity contribution >= 4 is 23.4 Å². The highest BCUT2D eigenvalue weighted by atomic mass is 32.1. The molecule has 0 bridgehead atoms. The molecule has 0 saturated carbocycles. The summed E-state index contributed by atoms with van der Waals surface area (Å²) >= 11 is 4.25. The number of benzene rings is 2. The van der Waals surface area contributed by atoms with E-state index in [1.807, 2.05) is 0 Å². The first-order valence-electron chi connectivity index (χ1n) is 6.06. The predicted molar refractivity (Wildman–Crippen MR) is 79.0 cm³/mol. The normalized spacial score (nSPS) is 11.2. The number of rotatable bonds is 5. The van der Waals surface area contributed by atoms with Crippen LogP contribution in [0.15, 0.2) is 42.5 Å². The van der Waals surface area contributed by atoms with Gasteiger partial charge in [-0.1, -0.05) is 42.5 Å². The van der Waals surface area contributed by atoms with Gasteiger partial charge in [0.15, 0.2) is 0 Å². The molecule has 2 aromatic rings. The van der Waals surface area contributed by atoms with E-state index >= 15 is 0 Å². The summed E-state index contributed by atoms with van der Waals surface area (Å²) in [6.07, 6.45) is 1.11. The summed E-state index contributed by atoms with van der Waals surface area (Å²) in [6, 6.07) is 15.3. The zero-order valence-corrected chi connectivity index (χ0v) is 11.2. The third-order valence-electron chi connectivity index (χ3n) is 3.08. The van der Waals surface area contributed by atoms with Gasteiger partial charge in [-0.05, 0) is 29.8 Å². The summed E-state index contributed by atoms with van der Waals surface area (Å²) in [5.74, 6) is 0.925. The minimum absolute atomic E-state index is 0.925. The average Bonchev–Trinajstić information content (AvgIpc) is 2.36. The monoisotopic (exact) mass is 245 g/mol. The van der Waals surface area contributed by atoms with Crippen LogP contribution in [0.1, 0.15) is 5.56 Å². The lowest BCUT2D eigenvalue weighted by molar-refractivity contribution is 0.361. The van der Waals surface area contributed by atoms with Crippen LogP contribution in [0, 0.1) is 0 Å². The molecule has 0 aliphatic carbocycles. The highest BCUT2D eigenvalue weighted by Gasteiger charge is 1.99. The lowest BCUT2D eigenvalue weighted by atomic mass is 10.1. The standard InChI is InChI=1S/C15H19NS/c1-16(10-11-17)9-8-13-6-7-14-4-2-3-5-15(14)12-13/h2-7,12,17H,8-11H2,1H3. The Balaban J connectivity index is 2.04. The van der Waals surface area contributed by atoms with Gasteiger partial charge in [-0.3, -0.25) is 0 Å². The molecule has 0 saturated heterocycles. The number of hydrogen-bond donors (Lipinski definition) is 1. The number of fused-ring (bicyclic) bond motifs is 1. The molecule has 17 heavy (non-hydrogen) atoms. The molecule has 0 heterocycles. The van der Waals surface area contributed by atoms with Gasteiger partial charge in [0.1, 0.15) is 0 Å². The Morgan fingerprint density at radius 2 is 1.76 bits per heavy atom. The van der Waals surface area contributed by atoms with Gasteiger partial charge in [0.2, 0.25) is 0 Å². The first kappa shape index (κ1) is 12.5. The first-order chi connectivity index (χ1) is 8.29. The molecule has 0 unspecified atom stereocenters. The molecule has 0 radical (unpaired) electrons. The molecule has 0 N–H and O–H groups in total. The van der Waals surface area contributed by atoms with E-state index in [0.717, 1.165) is 25.3 Å². The van der Waals surface area contributed by atoms with Crippen molar-refractivity contribution in [2.24, 2.45) is 0 Å². The second-order valence-electron chi connectivity index (χ2n) is 4.46. The fourth-order valence-corrected chi connectivity index (χ4v) is 2.34. The van der Waals surface area contributed by atoms with Gasteiger partial charge in [-0.2, -0.15) is 12.6 Å². The molecule has 0 aliphatic heterocycles. The molecule has 2 aromatic carbocycles. The Labute approximate surface area is 109 Å². The minimum Gasteiger partial charge on any atom is -0.305 e. The first-order valence-corrected chi connectivity index (χ1v) is 6.70. The molecule has 2 heteroatoms. The fraction of sp³-hybridized carbons (Fsp3) is 0.333. The topological polar surface area (TPSA) is 3.24 Å². The van der Waals surface area contributed by atoms with Gasteiger partial charge < -0.3 is 4.90 Å². The van der Waals surface area contributed by atoms with E-state index in [1.165, 1.54) is 16.3 Å². The van der Waals surface area contributed by atoms with Crippen molar-refractivity contribution in [1.82, 2.24) is 4.90 Å². The highest BCUT2D eigenvalue weighted by molar-refractivity contribution is 7.80. The van der Waals surface area contributed by atoms with Gasteiger partial charge in [0.25, 0.3) is 0 Å². The number of nitrogens with zero attached hydrogens (tertiary/aromatic N) is 1. The van der Waals surface area contributed by atoms with Gasteiger partial charge in [-0.25, -0.2) is 0 Å². The molecule has 1 nitrogen and oxygen atoms in total. The van der Waals surface area contributed by atoms with Crippen molar-refractivity contribution in [3.05, 3.63) is 48.0 Å². The van der Waals surface area contributed by atoms with E-state index in [4.69, 9.17) is 0 Å². The van der Waals surface area contributed by atoms with Crippen molar-refractivity contribution in [2.45, 2.75) is 6.42 Å². The smallest absolute Gasteiger partial charge is 0.00669 e. The summed E-state index contributed by atoms with van der Waals surface area (Å²) < 4.78 is 0. The Morgan fingerprint density at radius 3 is 2.53 bits per heavy atom. The summed E-state index contributed by atoms with van der Waals surface area (Å²) in [4.78, 5) is 2.32. The van der Waals surface area contributed by atoms with Crippen LogP contribution in [0.25, 0.3) is 10.8 Å². The number of hydrogen-bond acceptors (Lipinski definition) is 2. The summed E-state index contributed by atoms with van der Waals surface area (Å²) in [6.45, 7) is 2.15. The van der Waals surface area contributed by atoms with E-state index in [1.54, 1.807) is 0 Å². The molecule has 0 amide bonds. The largest absolute Gasteiger partial charge is 0.305 e. The molecule has 0 fully saturated rings. The summed E-state index contributed by atoms with van der Waals surface area (Å²) in [5, 5.41) is 2.65. The van der Waals surface area contributed by atoms with Crippen LogP contribution in [0.4, 0.5) is 0 Å².